The van der Waals surface area contributed by atoms with Crippen LogP contribution in [0.25, 0.3) is 0 Å². The van der Waals surface area contributed by atoms with Gasteiger partial charge >= 0.3 is 12.3 Å². The first-order valence-electron chi connectivity index (χ1n) is 8.36. The highest BCUT2D eigenvalue weighted by Gasteiger charge is 2.36. The number of alkyl halides is 3. The number of halogens is 4. The molecule has 0 aromatic heterocycles. The van der Waals surface area contributed by atoms with Crippen molar-refractivity contribution in [2.75, 3.05) is 6.54 Å². The second-order valence-electron chi connectivity index (χ2n) is 6.02. The fraction of sp³-hybridized carbons (Fsp3) is 0.316. The lowest BCUT2D eigenvalue weighted by Gasteiger charge is -2.22. The van der Waals surface area contributed by atoms with Crippen molar-refractivity contribution in [1.29, 1.82) is 0 Å². The molecule has 0 radical (unpaired) electrons. The molecule has 28 heavy (non-hydrogen) atoms. The Morgan fingerprint density at radius 1 is 1.11 bits per heavy atom. The van der Waals surface area contributed by atoms with Gasteiger partial charge in [0.05, 0.1) is 11.7 Å². The van der Waals surface area contributed by atoms with Crippen LogP contribution in [0.2, 0.25) is 0 Å². The summed E-state index contributed by atoms with van der Waals surface area (Å²) in [4.78, 5) is 11.6. The lowest BCUT2D eigenvalue weighted by Crippen LogP contribution is -2.30. The molecule has 0 saturated carbocycles. The topological polar surface area (TPSA) is 78.8 Å². The highest BCUT2D eigenvalue weighted by molar-refractivity contribution is 5.67. The normalized spacial score (nSPS) is 13.6. The van der Waals surface area contributed by atoms with Gasteiger partial charge in [0.2, 0.25) is 0 Å². The van der Waals surface area contributed by atoms with Crippen molar-refractivity contribution >= 4 is 6.09 Å². The van der Waals surface area contributed by atoms with Crippen LogP contribution in [0.4, 0.5) is 22.4 Å². The summed E-state index contributed by atoms with van der Waals surface area (Å²) in [5.74, 6) is -1.11. The molecular formula is C19H19F4NO4. The van der Waals surface area contributed by atoms with E-state index < -0.39 is 41.4 Å². The molecule has 1 amide bonds. The van der Waals surface area contributed by atoms with Gasteiger partial charge in [-0.3, -0.25) is 0 Å². The third-order valence-corrected chi connectivity index (χ3v) is 3.93. The van der Waals surface area contributed by atoms with E-state index in [1.165, 1.54) is 0 Å². The molecule has 9 heteroatoms. The molecule has 0 bridgehead atoms. The molecule has 2 rings (SSSR count). The minimum atomic E-state index is -4.89. The molecule has 0 aliphatic carbocycles. The molecule has 0 spiro atoms. The number of carbonyl (C=O) groups excluding carboxylic acids is 1. The number of nitrogens with one attached hydrogen (secondary N) is 1. The van der Waals surface area contributed by atoms with Crippen molar-refractivity contribution < 1.29 is 37.3 Å². The monoisotopic (exact) mass is 401 g/mol. The van der Waals surface area contributed by atoms with Crippen LogP contribution in [-0.2, 0) is 17.5 Å². The van der Waals surface area contributed by atoms with Crippen LogP contribution < -0.4 is 5.32 Å². The van der Waals surface area contributed by atoms with Gasteiger partial charge in [-0.2, -0.15) is 13.2 Å². The molecule has 5 nitrogen and oxygen atoms in total. The second kappa shape index (κ2) is 9.52. The highest BCUT2D eigenvalue weighted by atomic mass is 19.4. The molecule has 0 fully saturated rings. The number of benzene rings is 2. The average molecular weight is 401 g/mol. The van der Waals surface area contributed by atoms with Crippen molar-refractivity contribution in [3.8, 4) is 0 Å². The van der Waals surface area contributed by atoms with E-state index in [1.807, 2.05) is 6.07 Å². The van der Waals surface area contributed by atoms with E-state index in [9.17, 15) is 32.6 Å². The van der Waals surface area contributed by atoms with Crippen LogP contribution in [0.3, 0.4) is 0 Å². The smallest absolute Gasteiger partial charge is 0.416 e. The first-order valence-corrected chi connectivity index (χ1v) is 8.36. The van der Waals surface area contributed by atoms with Crippen molar-refractivity contribution in [3.05, 3.63) is 71.0 Å². The van der Waals surface area contributed by atoms with Crippen LogP contribution in [-0.4, -0.2) is 29.0 Å². The fourth-order valence-electron chi connectivity index (χ4n) is 2.49. The lowest BCUT2D eigenvalue weighted by atomic mass is 9.96. The molecule has 0 aliphatic rings. The van der Waals surface area contributed by atoms with Gasteiger partial charge in [-0.05, 0) is 29.7 Å². The van der Waals surface area contributed by atoms with E-state index in [0.29, 0.717) is 0 Å². The number of carbonyl (C=O) groups is 1. The Hall–Kier alpha value is -2.65. The van der Waals surface area contributed by atoms with Crippen molar-refractivity contribution in [2.24, 2.45) is 0 Å². The number of ether oxygens (including phenoxy) is 1. The Morgan fingerprint density at radius 3 is 2.43 bits per heavy atom. The molecule has 2 atom stereocenters. The van der Waals surface area contributed by atoms with Crippen molar-refractivity contribution in [1.82, 2.24) is 5.32 Å². The number of rotatable bonds is 7. The summed E-state index contributed by atoms with van der Waals surface area (Å²) in [6.45, 7) is -0.114. The third kappa shape index (κ3) is 6.21. The number of amides is 1. The Balaban J connectivity index is 1.86. The predicted molar refractivity (Wildman–Crippen MR) is 91.6 cm³/mol. The lowest BCUT2D eigenvalue weighted by molar-refractivity contribution is -0.140. The van der Waals surface area contributed by atoms with Gasteiger partial charge in [-0.15, -0.1) is 0 Å². The summed E-state index contributed by atoms with van der Waals surface area (Å²) in [7, 11) is 0. The minimum Gasteiger partial charge on any atom is -0.445 e. The quantitative estimate of drug-likeness (QED) is 0.620. The third-order valence-electron chi connectivity index (χ3n) is 3.93. The second-order valence-corrected chi connectivity index (χ2v) is 6.02. The molecule has 3 N–H and O–H groups in total. The molecule has 152 valence electrons. The molecular weight excluding hydrogens is 382 g/mol. The number of alkyl carbamates (subject to hydrolysis) is 1. The summed E-state index contributed by atoms with van der Waals surface area (Å²) in [5.41, 5.74) is -1.24. The van der Waals surface area contributed by atoms with Crippen LogP contribution in [0, 0.1) is 5.82 Å². The average Bonchev–Trinajstić information content (AvgIpc) is 2.66. The number of hydrogen-bond acceptors (Lipinski definition) is 4. The van der Waals surface area contributed by atoms with E-state index in [2.05, 4.69) is 5.32 Å². The first-order chi connectivity index (χ1) is 13.2. The molecule has 2 aromatic rings. The first kappa shape index (κ1) is 21.6. The molecule has 0 heterocycles. The van der Waals surface area contributed by atoms with Crippen LogP contribution in [0.1, 0.15) is 29.2 Å². The maximum absolute atomic E-state index is 13.1. The minimum absolute atomic E-state index is 0.0301. The van der Waals surface area contributed by atoms with Gasteiger partial charge in [0, 0.05) is 6.54 Å². The predicted octanol–water partition coefficient (Wildman–Crippen LogP) is 3.56. The van der Waals surface area contributed by atoms with Crippen LogP contribution >= 0.6 is 0 Å². The number of hydrogen-bond donors (Lipinski definition) is 3. The maximum Gasteiger partial charge on any atom is 0.416 e. The summed E-state index contributed by atoms with van der Waals surface area (Å²) >= 11 is 0. The van der Waals surface area contributed by atoms with Crippen LogP contribution in [0.15, 0.2) is 48.5 Å². The Labute approximate surface area is 158 Å². The van der Waals surface area contributed by atoms with E-state index in [0.717, 1.165) is 17.7 Å². The zero-order chi connectivity index (χ0) is 20.7. The molecule has 2 unspecified atom stereocenters. The fourth-order valence-corrected chi connectivity index (χ4v) is 2.49. The Morgan fingerprint density at radius 2 is 1.79 bits per heavy atom. The van der Waals surface area contributed by atoms with E-state index in [4.69, 9.17) is 4.74 Å². The van der Waals surface area contributed by atoms with Crippen molar-refractivity contribution in [2.45, 2.75) is 31.4 Å². The highest BCUT2D eigenvalue weighted by Crippen LogP contribution is 2.36. The van der Waals surface area contributed by atoms with E-state index in [-0.39, 0.29) is 25.6 Å². The van der Waals surface area contributed by atoms with Gasteiger partial charge in [0.1, 0.15) is 18.5 Å². The van der Waals surface area contributed by atoms with Gasteiger partial charge in [0.25, 0.3) is 0 Å². The van der Waals surface area contributed by atoms with Crippen molar-refractivity contribution in [3.63, 3.8) is 0 Å². The standard InChI is InChI=1S/C19H19F4NO4/c20-13-6-7-14(15(10-13)19(21,22)23)17(26)16(25)8-9-24-18(27)28-11-12-4-2-1-3-5-12/h1-7,10,16-17,25-26H,8-9,11H2,(H,24,27). The summed E-state index contributed by atoms with van der Waals surface area (Å²) in [6, 6.07) is 10.7. The van der Waals surface area contributed by atoms with E-state index >= 15 is 0 Å². The number of aliphatic hydroxyl groups excluding tert-OH is 2. The van der Waals surface area contributed by atoms with Gasteiger partial charge in [-0.25, -0.2) is 9.18 Å². The van der Waals surface area contributed by atoms with Crippen LogP contribution in [0.5, 0.6) is 0 Å². The zero-order valence-electron chi connectivity index (χ0n) is 14.6. The van der Waals surface area contributed by atoms with E-state index in [1.54, 1.807) is 24.3 Å². The maximum atomic E-state index is 13.1. The summed E-state index contributed by atoms with van der Waals surface area (Å²) in [5, 5.41) is 22.3. The summed E-state index contributed by atoms with van der Waals surface area (Å²) < 4.78 is 57.1. The Kier molecular flexibility index (Phi) is 7.36. The molecule has 0 aliphatic heterocycles. The largest absolute Gasteiger partial charge is 0.445 e. The van der Waals surface area contributed by atoms with Gasteiger partial charge in [-0.1, -0.05) is 36.4 Å². The Bertz CT molecular complexity index is 783. The number of aliphatic hydroxyl groups is 2. The molecule has 0 saturated heterocycles. The summed E-state index contributed by atoms with van der Waals surface area (Å²) in [6.07, 6.45) is -9.42. The molecule has 2 aromatic carbocycles. The van der Waals surface area contributed by atoms with Gasteiger partial charge in [0.15, 0.2) is 0 Å². The zero-order valence-corrected chi connectivity index (χ0v) is 14.6. The van der Waals surface area contributed by atoms with Gasteiger partial charge < -0.3 is 20.3 Å². The SMILES string of the molecule is O=C(NCCC(O)C(O)c1ccc(F)cc1C(F)(F)F)OCc1ccccc1.